The number of para-hydroxylation sites is 3. The molecule has 1 aliphatic rings. The third-order valence-electron chi connectivity index (χ3n) is 9.59. The number of aryl methyl sites for hydroxylation is 1. The number of hydrogen-bond donors (Lipinski definition) is 0. The fraction of sp³-hybridized carbons (Fsp3) is 0.0476. The summed E-state index contributed by atoms with van der Waals surface area (Å²) in [5.41, 5.74) is 12.9. The normalized spacial score (nSPS) is 13.1. The van der Waals surface area contributed by atoms with E-state index in [-0.39, 0.29) is 0 Å². The zero-order chi connectivity index (χ0) is 29.5. The van der Waals surface area contributed by atoms with Gasteiger partial charge in [-0.2, -0.15) is 0 Å². The highest BCUT2D eigenvalue weighted by molar-refractivity contribution is 6.11. The molecule has 212 valence electrons. The molecule has 3 aromatic heterocycles. The van der Waals surface area contributed by atoms with Gasteiger partial charge < -0.3 is 13.6 Å². The lowest BCUT2D eigenvalue weighted by atomic mass is 10.0. The highest BCUT2D eigenvalue weighted by atomic mass is 16.3. The fourth-order valence-corrected chi connectivity index (χ4v) is 7.57. The van der Waals surface area contributed by atoms with Gasteiger partial charge in [0.15, 0.2) is 0 Å². The largest absolute Gasteiger partial charge is 0.456 e. The summed E-state index contributed by atoms with van der Waals surface area (Å²) in [5.74, 6) is 0. The van der Waals surface area contributed by atoms with Crippen LogP contribution in [0.15, 0.2) is 144 Å². The molecule has 3 heterocycles. The molecule has 3 heteroatoms. The van der Waals surface area contributed by atoms with Crippen LogP contribution in [0.2, 0.25) is 0 Å². The predicted octanol–water partition coefficient (Wildman–Crippen LogP) is 11.3. The second kappa shape index (κ2) is 9.35. The van der Waals surface area contributed by atoms with Crippen molar-refractivity contribution in [1.82, 2.24) is 9.13 Å². The van der Waals surface area contributed by atoms with E-state index in [0.29, 0.717) is 0 Å². The van der Waals surface area contributed by atoms with Gasteiger partial charge in [0.1, 0.15) is 11.2 Å². The van der Waals surface area contributed by atoms with Gasteiger partial charge in [0.25, 0.3) is 0 Å². The zero-order valence-electron chi connectivity index (χ0n) is 24.6. The summed E-state index contributed by atoms with van der Waals surface area (Å²) in [6.45, 7) is 0. The summed E-state index contributed by atoms with van der Waals surface area (Å²) in [5, 5.41) is 6.13. The first-order chi connectivity index (χ1) is 22.3. The highest BCUT2D eigenvalue weighted by Crippen LogP contribution is 2.38. The molecule has 0 amide bonds. The van der Waals surface area contributed by atoms with E-state index in [4.69, 9.17) is 4.42 Å². The Kier molecular flexibility index (Phi) is 5.11. The number of hydrogen-bond acceptors (Lipinski definition) is 1. The van der Waals surface area contributed by atoms with Crippen molar-refractivity contribution in [2.45, 2.75) is 12.8 Å². The first-order valence-electron chi connectivity index (χ1n) is 15.7. The second-order valence-corrected chi connectivity index (χ2v) is 12.1. The molecule has 6 aromatic carbocycles. The van der Waals surface area contributed by atoms with E-state index >= 15 is 0 Å². The highest BCUT2D eigenvalue weighted by Gasteiger charge is 2.19. The van der Waals surface area contributed by atoms with E-state index in [9.17, 15) is 0 Å². The van der Waals surface area contributed by atoms with Crippen molar-refractivity contribution < 1.29 is 4.42 Å². The van der Waals surface area contributed by atoms with Gasteiger partial charge in [-0.15, -0.1) is 0 Å². The summed E-state index contributed by atoms with van der Waals surface area (Å²) in [6.07, 6.45) is 6.79. The van der Waals surface area contributed by atoms with Crippen LogP contribution in [0.4, 0.5) is 0 Å². The van der Waals surface area contributed by atoms with E-state index < -0.39 is 0 Å². The van der Waals surface area contributed by atoms with Crippen LogP contribution in [0.5, 0.6) is 0 Å². The van der Waals surface area contributed by atoms with Crippen LogP contribution in [-0.4, -0.2) is 9.13 Å². The minimum absolute atomic E-state index is 0.905. The molecule has 45 heavy (non-hydrogen) atoms. The standard InChI is InChI=1S/C42H28N2O/c1-5-16-37-31(12-1)32-13-2-6-17-38(32)43(37)29-11-9-10-27(24-29)28-20-23-40-36(25-28)33-14-3-7-18-39(33)44(40)30-21-22-35-34-15-4-8-19-41(34)45-42(35)26-30/h1,3-12,14-26H,2,13H2. The molecule has 0 N–H and O–H groups in total. The smallest absolute Gasteiger partial charge is 0.137 e. The molecular weight excluding hydrogens is 548 g/mol. The SMILES string of the molecule is C1=Cc2c(c3ccccc3n2-c2cccc(-c3ccc4c(c3)c3ccccc3n4-c3ccc4c(c3)oc3ccccc34)c2)CC1. The molecule has 0 aliphatic heterocycles. The molecule has 10 rings (SSSR count). The van der Waals surface area contributed by atoms with Crippen molar-refractivity contribution in [1.29, 1.82) is 0 Å². The Labute approximate surface area is 259 Å². The Morgan fingerprint density at radius 1 is 0.467 bits per heavy atom. The molecule has 0 saturated carbocycles. The Balaban J connectivity index is 1.14. The molecule has 1 aliphatic carbocycles. The lowest BCUT2D eigenvalue weighted by Gasteiger charge is -2.13. The molecule has 0 fully saturated rings. The maximum atomic E-state index is 6.28. The van der Waals surface area contributed by atoms with Gasteiger partial charge >= 0.3 is 0 Å². The van der Waals surface area contributed by atoms with Gasteiger partial charge in [-0.25, -0.2) is 0 Å². The third kappa shape index (κ3) is 3.58. The molecule has 0 radical (unpaired) electrons. The van der Waals surface area contributed by atoms with Crippen LogP contribution in [0, 0.1) is 0 Å². The van der Waals surface area contributed by atoms with Crippen LogP contribution in [0.3, 0.4) is 0 Å². The van der Waals surface area contributed by atoms with E-state index in [2.05, 4.69) is 143 Å². The average Bonchev–Trinajstić information content (AvgIpc) is 3.75. The van der Waals surface area contributed by atoms with Crippen molar-refractivity contribution in [2.75, 3.05) is 0 Å². The number of fused-ring (bicyclic) bond motifs is 9. The number of nitrogens with zero attached hydrogens (tertiary/aromatic N) is 2. The average molecular weight is 577 g/mol. The van der Waals surface area contributed by atoms with Crippen LogP contribution in [0.25, 0.3) is 83.2 Å². The van der Waals surface area contributed by atoms with E-state index in [1.165, 1.54) is 60.8 Å². The summed E-state index contributed by atoms with van der Waals surface area (Å²) >= 11 is 0. The monoisotopic (exact) mass is 576 g/mol. The van der Waals surface area contributed by atoms with Gasteiger partial charge in [-0.1, -0.05) is 78.9 Å². The molecule has 0 saturated heterocycles. The van der Waals surface area contributed by atoms with E-state index in [1.807, 2.05) is 12.1 Å². The molecule has 3 nitrogen and oxygen atoms in total. The van der Waals surface area contributed by atoms with Gasteiger partial charge in [0, 0.05) is 50.1 Å². The van der Waals surface area contributed by atoms with E-state index in [0.717, 1.165) is 40.5 Å². The maximum absolute atomic E-state index is 6.28. The van der Waals surface area contributed by atoms with Crippen LogP contribution in [0.1, 0.15) is 17.7 Å². The molecule has 9 aromatic rings. The molecule has 0 spiro atoms. The maximum Gasteiger partial charge on any atom is 0.137 e. The topological polar surface area (TPSA) is 23.0 Å². The minimum atomic E-state index is 0.905. The number of furan rings is 1. The lowest BCUT2D eigenvalue weighted by Crippen LogP contribution is -2.00. The number of benzene rings is 6. The lowest BCUT2D eigenvalue weighted by molar-refractivity contribution is 0.668. The first-order valence-corrected chi connectivity index (χ1v) is 15.7. The van der Waals surface area contributed by atoms with Crippen molar-refractivity contribution in [3.05, 3.63) is 151 Å². The minimum Gasteiger partial charge on any atom is -0.456 e. The Bertz CT molecular complexity index is 2660. The summed E-state index contributed by atoms with van der Waals surface area (Å²) in [7, 11) is 0. The van der Waals surface area contributed by atoms with Crippen LogP contribution in [-0.2, 0) is 6.42 Å². The molecule has 0 unspecified atom stereocenters. The number of aromatic nitrogens is 2. The number of rotatable bonds is 3. The van der Waals surface area contributed by atoms with Crippen LogP contribution < -0.4 is 0 Å². The Hall–Kier alpha value is -5.80. The fourth-order valence-electron chi connectivity index (χ4n) is 7.57. The van der Waals surface area contributed by atoms with Gasteiger partial charge in [0.2, 0.25) is 0 Å². The van der Waals surface area contributed by atoms with Gasteiger partial charge in [-0.3, -0.25) is 0 Å². The Morgan fingerprint density at radius 3 is 2.09 bits per heavy atom. The van der Waals surface area contributed by atoms with Gasteiger partial charge in [-0.05, 0) is 90.2 Å². The summed E-state index contributed by atoms with van der Waals surface area (Å²) in [6, 6.07) is 48.2. The van der Waals surface area contributed by atoms with Crippen molar-refractivity contribution in [3.63, 3.8) is 0 Å². The Morgan fingerprint density at radius 2 is 1.18 bits per heavy atom. The van der Waals surface area contributed by atoms with E-state index in [1.54, 1.807) is 0 Å². The summed E-state index contributed by atoms with van der Waals surface area (Å²) < 4.78 is 11.1. The molecule has 0 atom stereocenters. The number of allylic oxidation sites excluding steroid dienone is 1. The zero-order valence-corrected chi connectivity index (χ0v) is 24.6. The summed E-state index contributed by atoms with van der Waals surface area (Å²) in [4.78, 5) is 0. The van der Waals surface area contributed by atoms with Crippen molar-refractivity contribution in [2.24, 2.45) is 0 Å². The van der Waals surface area contributed by atoms with Gasteiger partial charge in [0.05, 0.1) is 16.6 Å². The van der Waals surface area contributed by atoms with Crippen molar-refractivity contribution in [3.8, 4) is 22.5 Å². The molecule has 0 bridgehead atoms. The van der Waals surface area contributed by atoms with Crippen molar-refractivity contribution >= 4 is 60.7 Å². The first kappa shape index (κ1) is 24.6. The predicted molar refractivity (Wildman–Crippen MR) is 188 cm³/mol. The quantitative estimate of drug-likeness (QED) is 0.205. The second-order valence-electron chi connectivity index (χ2n) is 12.1. The third-order valence-corrected chi connectivity index (χ3v) is 9.59. The molecular formula is C42H28N2O. The van der Waals surface area contributed by atoms with Crippen LogP contribution >= 0.6 is 0 Å².